The molecule has 0 saturated carbocycles. The van der Waals surface area contributed by atoms with Crippen molar-refractivity contribution in [2.45, 2.75) is 26.3 Å². The van der Waals surface area contributed by atoms with E-state index in [0.29, 0.717) is 12.1 Å². The molecule has 1 aromatic carbocycles. The lowest BCUT2D eigenvalue weighted by Crippen LogP contribution is -2.38. The Kier molecular flexibility index (Phi) is 6.42. The number of amides is 1. The second-order valence-electron chi connectivity index (χ2n) is 4.30. The van der Waals surface area contributed by atoms with E-state index in [9.17, 15) is 9.90 Å². The first kappa shape index (κ1) is 15.8. The monoisotopic (exact) mass is 425 g/mol. The molecule has 0 aliphatic carbocycles. The van der Waals surface area contributed by atoms with E-state index < -0.39 is 0 Å². The molecule has 0 aromatic heterocycles. The first-order valence-corrected chi connectivity index (χ1v) is 8.02. The topological polar surface area (TPSA) is 40.5 Å². The molecule has 0 fully saturated rings. The van der Waals surface area contributed by atoms with Gasteiger partial charge in [-0.2, -0.15) is 0 Å². The number of aromatic hydroxyl groups is 1. The fraction of sp³-hybridized carbons (Fsp3) is 0.462. The number of phenolic OH excluding ortho intramolecular Hbond substituents is 1. The molecule has 0 atom stereocenters. The lowest BCUT2D eigenvalue weighted by molar-refractivity contribution is 0.0703. The summed E-state index contributed by atoms with van der Waals surface area (Å²) in [6.45, 7) is 4.65. The summed E-state index contributed by atoms with van der Waals surface area (Å²) in [5.74, 6) is -0.0631. The number of carbonyl (C=O) groups excluding carboxylic acids is 1. The predicted molar refractivity (Wildman–Crippen MR) is 85.4 cm³/mol. The highest BCUT2D eigenvalue weighted by Gasteiger charge is 2.21. The third-order valence-corrected chi connectivity index (χ3v) is 3.84. The van der Waals surface area contributed by atoms with Crippen molar-refractivity contribution in [2.75, 3.05) is 11.9 Å². The van der Waals surface area contributed by atoms with Gasteiger partial charge in [-0.15, -0.1) is 0 Å². The number of alkyl halides is 1. The van der Waals surface area contributed by atoms with Crippen molar-refractivity contribution in [3.8, 4) is 5.75 Å². The number of halogens is 2. The number of hydrogen-bond donors (Lipinski definition) is 1. The van der Waals surface area contributed by atoms with E-state index in [2.05, 4.69) is 38.5 Å². The minimum Gasteiger partial charge on any atom is -0.507 e. The molecule has 1 amide bonds. The highest BCUT2D eigenvalue weighted by atomic mass is 127. The van der Waals surface area contributed by atoms with E-state index in [-0.39, 0.29) is 17.7 Å². The minimum absolute atomic E-state index is 0.0462. The summed E-state index contributed by atoms with van der Waals surface area (Å²) in [5, 5.41) is 10.7. The maximum absolute atomic E-state index is 12.4. The zero-order chi connectivity index (χ0) is 13.7. The molecule has 0 unspecified atom stereocenters. The SMILES string of the molecule is CC(C)N(CCCBr)C(=O)c1cc(I)ccc1O. The van der Waals surface area contributed by atoms with Gasteiger partial charge in [0.25, 0.3) is 5.91 Å². The number of hydrogen-bond acceptors (Lipinski definition) is 2. The maximum atomic E-state index is 12.4. The van der Waals surface area contributed by atoms with Gasteiger partial charge in [0.1, 0.15) is 5.75 Å². The Labute approximate surface area is 130 Å². The second-order valence-corrected chi connectivity index (χ2v) is 6.33. The summed E-state index contributed by atoms with van der Waals surface area (Å²) in [5.41, 5.74) is 0.380. The summed E-state index contributed by atoms with van der Waals surface area (Å²) in [4.78, 5) is 14.2. The number of phenols is 1. The van der Waals surface area contributed by atoms with Gasteiger partial charge in [0.05, 0.1) is 5.56 Å². The molecular formula is C13H17BrINO2. The Morgan fingerprint density at radius 2 is 2.17 bits per heavy atom. The van der Waals surface area contributed by atoms with Crippen LogP contribution in [0.4, 0.5) is 0 Å². The molecule has 0 radical (unpaired) electrons. The highest BCUT2D eigenvalue weighted by Crippen LogP contribution is 2.22. The Bertz CT molecular complexity index is 423. The number of nitrogens with zero attached hydrogens (tertiary/aromatic N) is 1. The van der Waals surface area contributed by atoms with Crippen LogP contribution < -0.4 is 0 Å². The van der Waals surface area contributed by atoms with Gasteiger partial charge in [-0.05, 0) is 61.1 Å². The van der Waals surface area contributed by atoms with E-state index in [1.54, 1.807) is 23.1 Å². The number of carbonyl (C=O) groups is 1. The van der Waals surface area contributed by atoms with Crippen LogP contribution in [0, 0.1) is 3.57 Å². The van der Waals surface area contributed by atoms with Crippen molar-refractivity contribution >= 4 is 44.4 Å². The molecule has 0 spiro atoms. The van der Waals surface area contributed by atoms with Crippen LogP contribution in [0.1, 0.15) is 30.6 Å². The molecule has 5 heteroatoms. The third-order valence-electron chi connectivity index (χ3n) is 2.61. The van der Waals surface area contributed by atoms with Crippen LogP contribution in [0.15, 0.2) is 18.2 Å². The Hall–Kier alpha value is -0.300. The molecular weight excluding hydrogens is 409 g/mol. The van der Waals surface area contributed by atoms with Gasteiger partial charge in [0.15, 0.2) is 0 Å². The van der Waals surface area contributed by atoms with Crippen LogP contribution in [0.3, 0.4) is 0 Å². The van der Waals surface area contributed by atoms with E-state index in [1.807, 2.05) is 13.8 Å². The van der Waals surface area contributed by atoms with Crippen LogP contribution in [0.25, 0.3) is 0 Å². The number of rotatable bonds is 5. The van der Waals surface area contributed by atoms with Gasteiger partial charge < -0.3 is 10.0 Å². The zero-order valence-corrected chi connectivity index (χ0v) is 14.2. The van der Waals surface area contributed by atoms with Crippen LogP contribution >= 0.6 is 38.5 Å². The van der Waals surface area contributed by atoms with Gasteiger partial charge in [0.2, 0.25) is 0 Å². The summed E-state index contributed by atoms with van der Waals surface area (Å²) in [6.07, 6.45) is 0.897. The van der Waals surface area contributed by atoms with Gasteiger partial charge in [-0.25, -0.2) is 0 Å². The van der Waals surface area contributed by atoms with Crippen molar-refractivity contribution in [3.05, 3.63) is 27.3 Å². The molecule has 0 saturated heterocycles. The zero-order valence-electron chi connectivity index (χ0n) is 10.5. The molecule has 1 aromatic rings. The van der Waals surface area contributed by atoms with Crippen molar-refractivity contribution < 1.29 is 9.90 Å². The van der Waals surface area contributed by atoms with E-state index >= 15 is 0 Å². The van der Waals surface area contributed by atoms with Crippen molar-refractivity contribution in [2.24, 2.45) is 0 Å². The van der Waals surface area contributed by atoms with Crippen molar-refractivity contribution in [1.29, 1.82) is 0 Å². The quantitative estimate of drug-likeness (QED) is 0.578. The average Bonchev–Trinajstić information content (AvgIpc) is 2.32. The van der Waals surface area contributed by atoms with E-state index in [0.717, 1.165) is 15.3 Å². The molecule has 0 bridgehead atoms. The Morgan fingerprint density at radius 1 is 1.50 bits per heavy atom. The number of benzene rings is 1. The molecule has 0 aliphatic heterocycles. The maximum Gasteiger partial charge on any atom is 0.257 e. The Balaban J connectivity index is 2.98. The first-order chi connectivity index (χ1) is 8.47. The lowest BCUT2D eigenvalue weighted by Gasteiger charge is -2.27. The molecule has 0 heterocycles. The van der Waals surface area contributed by atoms with Crippen LogP contribution in [0.2, 0.25) is 0 Å². The minimum atomic E-state index is -0.109. The summed E-state index contributed by atoms with van der Waals surface area (Å²) < 4.78 is 0.943. The molecule has 0 aliphatic rings. The van der Waals surface area contributed by atoms with Crippen LogP contribution in [-0.4, -0.2) is 33.8 Å². The molecule has 18 heavy (non-hydrogen) atoms. The second kappa shape index (κ2) is 7.33. The summed E-state index contributed by atoms with van der Waals surface area (Å²) in [6, 6.07) is 5.19. The summed E-state index contributed by atoms with van der Waals surface area (Å²) >= 11 is 5.51. The average molecular weight is 426 g/mol. The van der Waals surface area contributed by atoms with E-state index in [1.165, 1.54) is 0 Å². The first-order valence-electron chi connectivity index (χ1n) is 5.82. The van der Waals surface area contributed by atoms with Crippen LogP contribution in [0.5, 0.6) is 5.75 Å². The van der Waals surface area contributed by atoms with E-state index in [4.69, 9.17) is 0 Å². The van der Waals surface area contributed by atoms with Crippen molar-refractivity contribution in [1.82, 2.24) is 4.90 Å². The fourth-order valence-electron chi connectivity index (χ4n) is 1.66. The smallest absolute Gasteiger partial charge is 0.257 e. The molecule has 100 valence electrons. The third kappa shape index (κ3) is 4.12. The molecule has 1 rings (SSSR count). The van der Waals surface area contributed by atoms with Crippen molar-refractivity contribution in [3.63, 3.8) is 0 Å². The highest BCUT2D eigenvalue weighted by molar-refractivity contribution is 14.1. The van der Waals surface area contributed by atoms with Gasteiger partial charge >= 0.3 is 0 Å². The molecule has 3 nitrogen and oxygen atoms in total. The fourth-order valence-corrected chi connectivity index (χ4v) is 2.40. The van der Waals surface area contributed by atoms with Gasteiger partial charge in [-0.1, -0.05) is 15.9 Å². The normalized spacial score (nSPS) is 10.7. The summed E-state index contributed by atoms with van der Waals surface area (Å²) in [7, 11) is 0. The predicted octanol–water partition coefficient (Wildman–Crippen LogP) is 3.63. The lowest BCUT2D eigenvalue weighted by atomic mass is 10.1. The Morgan fingerprint density at radius 3 is 2.72 bits per heavy atom. The van der Waals surface area contributed by atoms with Crippen LogP contribution in [-0.2, 0) is 0 Å². The largest absolute Gasteiger partial charge is 0.507 e. The van der Waals surface area contributed by atoms with Gasteiger partial charge in [0, 0.05) is 21.5 Å². The van der Waals surface area contributed by atoms with Gasteiger partial charge in [-0.3, -0.25) is 4.79 Å². The standard InChI is InChI=1S/C13H17BrINO2/c1-9(2)16(7-3-6-14)13(18)11-8-10(15)4-5-12(11)17/h4-5,8-9,17H,3,6-7H2,1-2H3. The molecule has 1 N–H and O–H groups in total.